The first kappa shape index (κ1) is 16.6. The molecular weight excluding hydrogens is 274 g/mol. The van der Waals surface area contributed by atoms with E-state index >= 15 is 0 Å². The fourth-order valence-electron chi connectivity index (χ4n) is 2.14. The molecule has 0 aliphatic heterocycles. The highest BCUT2D eigenvalue weighted by molar-refractivity contribution is 6.00. The second-order valence-corrected chi connectivity index (χ2v) is 4.71. The van der Waals surface area contributed by atoms with Crippen LogP contribution in [0.25, 0.3) is 0 Å². The number of carbonyl (C=O) groups is 1. The van der Waals surface area contributed by atoms with Gasteiger partial charge in [0.2, 0.25) is 0 Å². The lowest BCUT2D eigenvalue weighted by molar-refractivity contribution is -0.140. The molecule has 0 aromatic heterocycles. The first-order valence-electron chi connectivity index (χ1n) is 6.33. The van der Waals surface area contributed by atoms with Crippen LogP contribution in [0.3, 0.4) is 0 Å². The second kappa shape index (κ2) is 5.91. The summed E-state index contributed by atoms with van der Waals surface area (Å²) >= 11 is 0. The van der Waals surface area contributed by atoms with Crippen molar-refractivity contribution in [3.05, 3.63) is 35.1 Å². The third kappa shape index (κ3) is 3.00. The van der Waals surface area contributed by atoms with E-state index in [0.29, 0.717) is 25.0 Å². The largest absolute Gasteiger partial charge is 0.419 e. The van der Waals surface area contributed by atoms with Crippen LogP contribution in [0.5, 0.6) is 0 Å². The molecule has 0 heterocycles. The highest BCUT2D eigenvalue weighted by atomic mass is 19.4. The van der Waals surface area contributed by atoms with Crippen molar-refractivity contribution in [1.82, 2.24) is 0 Å². The molecule has 1 aromatic rings. The minimum atomic E-state index is -4.77. The average molecular weight is 291 g/mol. The molecule has 0 radical (unpaired) electrons. The van der Waals surface area contributed by atoms with Gasteiger partial charge in [0.1, 0.15) is 5.82 Å². The average Bonchev–Trinajstić information content (AvgIpc) is 2.39. The molecule has 112 valence electrons. The SMILES string of the molecule is CCC(CC)(CN)C(=O)c1ccc(C(F)(F)F)c(F)c1. The normalized spacial score (nSPS) is 12.6. The summed E-state index contributed by atoms with van der Waals surface area (Å²) in [4.78, 5) is 12.3. The lowest BCUT2D eigenvalue weighted by Crippen LogP contribution is -2.37. The lowest BCUT2D eigenvalue weighted by atomic mass is 9.76. The molecule has 6 heteroatoms. The van der Waals surface area contributed by atoms with Crippen molar-refractivity contribution in [3.63, 3.8) is 0 Å². The van der Waals surface area contributed by atoms with Crippen LogP contribution in [0.15, 0.2) is 18.2 Å². The molecule has 0 aliphatic carbocycles. The van der Waals surface area contributed by atoms with Crippen molar-refractivity contribution in [1.29, 1.82) is 0 Å². The van der Waals surface area contributed by atoms with Gasteiger partial charge in [0.15, 0.2) is 5.78 Å². The molecule has 0 aliphatic rings. The van der Waals surface area contributed by atoms with Crippen LogP contribution in [0.1, 0.15) is 42.6 Å². The van der Waals surface area contributed by atoms with E-state index in [2.05, 4.69) is 0 Å². The number of carbonyl (C=O) groups excluding carboxylic acids is 1. The number of hydrogen-bond acceptors (Lipinski definition) is 2. The van der Waals surface area contributed by atoms with Crippen molar-refractivity contribution in [2.24, 2.45) is 11.1 Å². The van der Waals surface area contributed by atoms with Crippen LogP contribution in [-0.4, -0.2) is 12.3 Å². The topological polar surface area (TPSA) is 43.1 Å². The van der Waals surface area contributed by atoms with E-state index in [4.69, 9.17) is 5.73 Å². The zero-order valence-electron chi connectivity index (χ0n) is 11.4. The molecule has 0 atom stereocenters. The Labute approximate surface area is 115 Å². The van der Waals surface area contributed by atoms with Crippen molar-refractivity contribution in [2.75, 3.05) is 6.54 Å². The molecule has 20 heavy (non-hydrogen) atoms. The van der Waals surface area contributed by atoms with Gasteiger partial charge in [0.05, 0.1) is 5.56 Å². The summed E-state index contributed by atoms with van der Waals surface area (Å²) in [7, 11) is 0. The van der Waals surface area contributed by atoms with E-state index in [1.165, 1.54) is 0 Å². The Morgan fingerprint density at radius 1 is 1.20 bits per heavy atom. The number of Topliss-reactive ketones (excluding diaryl/α,β-unsaturated/α-hetero) is 1. The Morgan fingerprint density at radius 2 is 1.75 bits per heavy atom. The summed E-state index contributed by atoms with van der Waals surface area (Å²) in [6, 6.07) is 2.24. The van der Waals surface area contributed by atoms with Gasteiger partial charge in [-0.05, 0) is 25.0 Å². The number of hydrogen-bond donors (Lipinski definition) is 1. The maximum absolute atomic E-state index is 13.5. The molecule has 2 nitrogen and oxygen atoms in total. The highest BCUT2D eigenvalue weighted by Crippen LogP contribution is 2.34. The van der Waals surface area contributed by atoms with Gasteiger partial charge in [0.25, 0.3) is 0 Å². The van der Waals surface area contributed by atoms with E-state index in [1.54, 1.807) is 13.8 Å². The van der Waals surface area contributed by atoms with Gasteiger partial charge in [0, 0.05) is 17.5 Å². The first-order valence-corrected chi connectivity index (χ1v) is 6.33. The Bertz CT molecular complexity index is 484. The maximum Gasteiger partial charge on any atom is 0.419 e. The third-order valence-electron chi connectivity index (χ3n) is 3.76. The molecule has 0 saturated heterocycles. The minimum Gasteiger partial charge on any atom is -0.329 e. The number of nitrogens with two attached hydrogens (primary N) is 1. The van der Waals surface area contributed by atoms with Gasteiger partial charge in [-0.25, -0.2) is 4.39 Å². The highest BCUT2D eigenvalue weighted by Gasteiger charge is 2.37. The van der Waals surface area contributed by atoms with E-state index in [0.717, 1.165) is 6.07 Å². The first-order chi connectivity index (χ1) is 9.21. The third-order valence-corrected chi connectivity index (χ3v) is 3.76. The van der Waals surface area contributed by atoms with E-state index in [1.807, 2.05) is 0 Å². The smallest absolute Gasteiger partial charge is 0.329 e. The van der Waals surface area contributed by atoms with Crippen molar-refractivity contribution in [2.45, 2.75) is 32.9 Å². The maximum atomic E-state index is 13.5. The molecule has 0 saturated carbocycles. The molecule has 0 amide bonds. The zero-order chi connectivity index (χ0) is 15.6. The molecule has 2 N–H and O–H groups in total. The predicted molar refractivity (Wildman–Crippen MR) is 67.8 cm³/mol. The zero-order valence-corrected chi connectivity index (χ0v) is 11.4. The van der Waals surface area contributed by atoms with Crippen molar-refractivity contribution >= 4 is 5.78 Å². The van der Waals surface area contributed by atoms with Crippen LogP contribution in [0.2, 0.25) is 0 Å². The van der Waals surface area contributed by atoms with E-state index in [-0.39, 0.29) is 12.1 Å². The molecule has 1 rings (SSSR count). The minimum absolute atomic E-state index is 0.0709. The number of rotatable bonds is 5. The quantitative estimate of drug-likeness (QED) is 0.662. The fourth-order valence-corrected chi connectivity index (χ4v) is 2.14. The second-order valence-electron chi connectivity index (χ2n) is 4.71. The van der Waals surface area contributed by atoms with Crippen LogP contribution in [0.4, 0.5) is 17.6 Å². The fraction of sp³-hybridized carbons (Fsp3) is 0.500. The standard InChI is InChI=1S/C14H17F4NO/c1-3-13(4-2,8-19)12(20)9-5-6-10(11(15)7-9)14(16,17)18/h5-7H,3-4,8,19H2,1-2H3. The molecule has 0 unspecified atom stereocenters. The van der Waals surface area contributed by atoms with Crippen LogP contribution in [0, 0.1) is 11.2 Å². The summed E-state index contributed by atoms with van der Waals surface area (Å²) in [5.74, 6) is -1.86. The Hall–Kier alpha value is -1.43. The summed E-state index contributed by atoms with van der Waals surface area (Å²) in [6.07, 6.45) is -3.88. The van der Waals surface area contributed by atoms with Crippen LogP contribution < -0.4 is 5.73 Å². The van der Waals surface area contributed by atoms with E-state index < -0.39 is 28.8 Å². The van der Waals surface area contributed by atoms with Gasteiger partial charge in [-0.15, -0.1) is 0 Å². The monoisotopic (exact) mass is 291 g/mol. The summed E-state index contributed by atoms with van der Waals surface area (Å²) in [5.41, 5.74) is 3.30. The van der Waals surface area contributed by atoms with Gasteiger partial charge >= 0.3 is 6.18 Å². The van der Waals surface area contributed by atoms with Gasteiger partial charge in [-0.2, -0.15) is 13.2 Å². The summed E-state index contributed by atoms with van der Waals surface area (Å²) < 4.78 is 50.9. The summed E-state index contributed by atoms with van der Waals surface area (Å²) in [5, 5.41) is 0. The predicted octanol–water partition coefficient (Wildman–Crippen LogP) is 3.79. The Balaban J connectivity index is 3.23. The van der Waals surface area contributed by atoms with Crippen LogP contribution in [-0.2, 0) is 6.18 Å². The van der Waals surface area contributed by atoms with Crippen LogP contribution >= 0.6 is 0 Å². The van der Waals surface area contributed by atoms with E-state index in [9.17, 15) is 22.4 Å². The summed E-state index contributed by atoms with van der Waals surface area (Å²) in [6.45, 7) is 3.62. The number of ketones is 1. The van der Waals surface area contributed by atoms with Gasteiger partial charge < -0.3 is 5.73 Å². The molecule has 0 bridgehead atoms. The molecule has 1 aromatic carbocycles. The molecular formula is C14H17F4NO. The van der Waals surface area contributed by atoms with Crippen molar-refractivity contribution < 1.29 is 22.4 Å². The Kier molecular flexibility index (Phi) is 4.91. The Morgan fingerprint density at radius 3 is 2.10 bits per heavy atom. The van der Waals surface area contributed by atoms with Gasteiger partial charge in [-0.1, -0.05) is 19.9 Å². The number of benzene rings is 1. The van der Waals surface area contributed by atoms with Gasteiger partial charge in [-0.3, -0.25) is 4.79 Å². The lowest BCUT2D eigenvalue weighted by Gasteiger charge is -2.28. The molecule has 0 fully saturated rings. The number of alkyl halides is 3. The molecule has 0 spiro atoms. The van der Waals surface area contributed by atoms with Crippen molar-refractivity contribution in [3.8, 4) is 0 Å². The number of halogens is 4.